The zero-order chi connectivity index (χ0) is 20.5. The minimum absolute atomic E-state index is 0.231. The van der Waals surface area contributed by atoms with E-state index in [0.29, 0.717) is 17.7 Å². The van der Waals surface area contributed by atoms with Crippen molar-refractivity contribution in [2.24, 2.45) is 0 Å². The smallest absolute Gasteiger partial charge is 0.366 e. The summed E-state index contributed by atoms with van der Waals surface area (Å²) in [4.78, 5) is 4.04. The summed E-state index contributed by atoms with van der Waals surface area (Å²) in [5.74, 6) is -2.85. The second kappa shape index (κ2) is 7.53. The van der Waals surface area contributed by atoms with Crippen LogP contribution in [0, 0.1) is 17.5 Å². The maximum Gasteiger partial charge on any atom is 0.435 e. The predicted octanol–water partition coefficient (Wildman–Crippen LogP) is 5.01. The van der Waals surface area contributed by atoms with Crippen molar-refractivity contribution in [3.8, 4) is 11.3 Å². The Morgan fingerprint density at radius 1 is 1.04 bits per heavy atom. The molecule has 1 N–H and O–H groups in total. The van der Waals surface area contributed by atoms with Crippen molar-refractivity contribution < 1.29 is 26.3 Å². The van der Waals surface area contributed by atoms with E-state index in [1.54, 1.807) is 6.92 Å². The van der Waals surface area contributed by atoms with E-state index in [4.69, 9.17) is 0 Å². The number of anilines is 1. The first kappa shape index (κ1) is 19.7. The second-order valence-corrected chi connectivity index (χ2v) is 5.86. The van der Waals surface area contributed by atoms with Gasteiger partial charge in [0.25, 0.3) is 0 Å². The second-order valence-electron chi connectivity index (χ2n) is 5.86. The molecule has 3 aromatic rings. The molecule has 0 atom stereocenters. The average Bonchev–Trinajstić information content (AvgIpc) is 3.06. The van der Waals surface area contributed by atoms with Gasteiger partial charge in [0.2, 0.25) is 0 Å². The Labute approximate surface area is 155 Å². The van der Waals surface area contributed by atoms with Gasteiger partial charge >= 0.3 is 6.18 Å². The highest BCUT2D eigenvalue weighted by Gasteiger charge is 2.35. The number of pyridine rings is 1. The normalized spacial score (nSPS) is 11.7. The summed E-state index contributed by atoms with van der Waals surface area (Å²) in [6, 6.07) is 5.03. The van der Waals surface area contributed by atoms with E-state index in [0.717, 1.165) is 6.07 Å². The van der Waals surface area contributed by atoms with Gasteiger partial charge in [0.05, 0.1) is 5.69 Å². The summed E-state index contributed by atoms with van der Waals surface area (Å²) in [7, 11) is 0. The molecule has 0 fully saturated rings. The van der Waals surface area contributed by atoms with Crippen LogP contribution in [0.15, 0.2) is 36.5 Å². The summed E-state index contributed by atoms with van der Waals surface area (Å²) < 4.78 is 80.0. The van der Waals surface area contributed by atoms with Crippen LogP contribution in [-0.2, 0) is 19.3 Å². The number of hydrogen-bond acceptors (Lipinski definition) is 3. The molecule has 0 spiro atoms. The number of nitrogens with zero attached hydrogens (tertiary/aromatic N) is 3. The lowest BCUT2D eigenvalue weighted by Gasteiger charge is -2.09. The van der Waals surface area contributed by atoms with E-state index in [1.807, 2.05) is 0 Å². The zero-order valence-corrected chi connectivity index (χ0v) is 14.5. The third kappa shape index (κ3) is 4.10. The first-order chi connectivity index (χ1) is 13.2. The number of rotatable bonds is 5. The van der Waals surface area contributed by atoms with Gasteiger partial charge in [0, 0.05) is 42.5 Å². The molecular formula is C18H14F6N4. The molecule has 1 aromatic carbocycles. The Hall–Kier alpha value is -3.04. The molecule has 0 aliphatic heterocycles. The fourth-order valence-corrected chi connectivity index (χ4v) is 2.60. The van der Waals surface area contributed by atoms with E-state index in [-0.39, 0.29) is 30.2 Å². The molecule has 4 nitrogen and oxygen atoms in total. The number of alkyl halides is 3. The van der Waals surface area contributed by atoms with E-state index in [1.165, 1.54) is 23.0 Å². The van der Waals surface area contributed by atoms with Crippen molar-refractivity contribution in [2.45, 2.75) is 26.2 Å². The Morgan fingerprint density at radius 2 is 1.71 bits per heavy atom. The van der Waals surface area contributed by atoms with Gasteiger partial charge in [-0.15, -0.1) is 0 Å². The zero-order valence-electron chi connectivity index (χ0n) is 14.5. The van der Waals surface area contributed by atoms with Crippen LogP contribution in [0.25, 0.3) is 11.3 Å². The number of nitrogens with one attached hydrogen (secondary N) is 1. The lowest BCUT2D eigenvalue weighted by Crippen LogP contribution is -2.07. The van der Waals surface area contributed by atoms with Crippen molar-refractivity contribution in [3.05, 3.63) is 65.2 Å². The molecule has 2 aromatic heterocycles. The van der Waals surface area contributed by atoms with Gasteiger partial charge in [-0.2, -0.15) is 18.3 Å². The molecule has 0 bridgehead atoms. The summed E-state index contributed by atoms with van der Waals surface area (Å²) in [6.45, 7) is 1.61. The van der Waals surface area contributed by atoms with Gasteiger partial charge in [0.1, 0.15) is 23.3 Å². The molecule has 0 aliphatic rings. The van der Waals surface area contributed by atoms with Gasteiger partial charge in [-0.25, -0.2) is 18.2 Å². The molecular weight excluding hydrogens is 386 g/mol. The van der Waals surface area contributed by atoms with Gasteiger partial charge in [-0.1, -0.05) is 0 Å². The lowest BCUT2D eigenvalue weighted by atomic mass is 10.2. The van der Waals surface area contributed by atoms with Gasteiger partial charge < -0.3 is 5.32 Å². The van der Waals surface area contributed by atoms with Crippen LogP contribution in [0.4, 0.5) is 32.2 Å². The van der Waals surface area contributed by atoms with Crippen LogP contribution < -0.4 is 5.32 Å². The minimum atomic E-state index is -4.56. The fourth-order valence-electron chi connectivity index (χ4n) is 2.60. The molecule has 0 saturated carbocycles. The monoisotopic (exact) mass is 400 g/mol. The molecule has 0 amide bonds. The van der Waals surface area contributed by atoms with E-state index < -0.39 is 29.3 Å². The first-order valence-corrected chi connectivity index (χ1v) is 8.17. The number of aryl methyl sites for hydroxylation is 1. The Bertz CT molecular complexity index is 956. The molecule has 0 aliphatic carbocycles. The maximum atomic E-state index is 13.6. The average molecular weight is 400 g/mol. The van der Waals surface area contributed by atoms with Crippen LogP contribution in [0.2, 0.25) is 0 Å². The SMILES string of the molecule is CCn1nc(C(F)(F)F)cc1-c1ccc(NCc2c(F)cc(F)cc2F)nc1. The van der Waals surface area contributed by atoms with Crippen molar-refractivity contribution in [3.63, 3.8) is 0 Å². The number of halogens is 6. The minimum Gasteiger partial charge on any atom is -0.366 e. The summed E-state index contributed by atoms with van der Waals surface area (Å²) >= 11 is 0. The topological polar surface area (TPSA) is 42.7 Å². The van der Waals surface area contributed by atoms with Crippen LogP contribution in [-0.4, -0.2) is 14.8 Å². The maximum absolute atomic E-state index is 13.6. The lowest BCUT2D eigenvalue weighted by molar-refractivity contribution is -0.141. The highest BCUT2D eigenvalue weighted by atomic mass is 19.4. The highest BCUT2D eigenvalue weighted by Crippen LogP contribution is 2.31. The molecule has 10 heteroatoms. The summed E-state index contributed by atoms with van der Waals surface area (Å²) in [5, 5.41) is 6.22. The van der Waals surface area contributed by atoms with Crippen molar-refractivity contribution >= 4 is 5.82 Å². The van der Waals surface area contributed by atoms with E-state index >= 15 is 0 Å². The predicted molar refractivity (Wildman–Crippen MR) is 89.8 cm³/mol. The highest BCUT2D eigenvalue weighted by molar-refractivity contribution is 5.61. The van der Waals surface area contributed by atoms with Gasteiger partial charge in [-0.3, -0.25) is 4.68 Å². The standard InChI is InChI=1S/C18H14F6N4/c1-2-28-15(7-16(27-28)18(22,23)24)10-3-4-17(25-8-10)26-9-12-13(20)5-11(19)6-14(12)21/h3-8H,2,9H2,1H3,(H,25,26). The molecule has 28 heavy (non-hydrogen) atoms. The Balaban J connectivity index is 1.79. The molecule has 0 saturated heterocycles. The number of aromatic nitrogens is 3. The van der Waals surface area contributed by atoms with Crippen LogP contribution in [0.3, 0.4) is 0 Å². The summed E-state index contributed by atoms with van der Waals surface area (Å²) in [6.07, 6.45) is -3.24. The van der Waals surface area contributed by atoms with Crippen LogP contribution >= 0.6 is 0 Å². The molecule has 3 rings (SSSR count). The number of hydrogen-bond donors (Lipinski definition) is 1. The third-order valence-corrected chi connectivity index (χ3v) is 3.98. The van der Waals surface area contributed by atoms with E-state index in [2.05, 4.69) is 15.4 Å². The van der Waals surface area contributed by atoms with Gasteiger partial charge in [0.15, 0.2) is 5.69 Å². The Morgan fingerprint density at radius 3 is 2.25 bits per heavy atom. The molecule has 0 radical (unpaired) electrons. The summed E-state index contributed by atoms with van der Waals surface area (Å²) in [5.41, 5.74) is -0.723. The van der Waals surface area contributed by atoms with Crippen molar-refractivity contribution in [1.29, 1.82) is 0 Å². The Kier molecular flexibility index (Phi) is 5.30. The fraction of sp³-hybridized carbons (Fsp3) is 0.222. The van der Waals surface area contributed by atoms with Crippen molar-refractivity contribution in [2.75, 3.05) is 5.32 Å². The molecule has 2 heterocycles. The van der Waals surface area contributed by atoms with Crippen LogP contribution in [0.1, 0.15) is 18.2 Å². The molecule has 0 unspecified atom stereocenters. The van der Waals surface area contributed by atoms with Crippen molar-refractivity contribution in [1.82, 2.24) is 14.8 Å². The van der Waals surface area contributed by atoms with E-state index in [9.17, 15) is 26.3 Å². The quantitative estimate of drug-likeness (QED) is 0.612. The first-order valence-electron chi connectivity index (χ1n) is 8.17. The third-order valence-electron chi connectivity index (χ3n) is 3.98. The molecule has 148 valence electrons. The van der Waals surface area contributed by atoms with Gasteiger partial charge in [-0.05, 0) is 25.1 Å². The van der Waals surface area contributed by atoms with Crippen LogP contribution in [0.5, 0.6) is 0 Å². The largest absolute Gasteiger partial charge is 0.435 e. The number of benzene rings is 1.